The van der Waals surface area contributed by atoms with Gasteiger partial charge in [-0.3, -0.25) is 4.79 Å². The Kier molecular flexibility index (Phi) is 5.69. The molecule has 17 heavy (non-hydrogen) atoms. The van der Waals surface area contributed by atoms with Crippen LogP contribution in [0.2, 0.25) is 0 Å². The fraction of sp³-hybridized carbons (Fsp3) is 0.500. The fourth-order valence-corrected chi connectivity index (χ4v) is 2.18. The number of benzene rings is 1. The molecule has 0 fully saturated rings. The van der Waals surface area contributed by atoms with E-state index in [-0.39, 0.29) is 5.78 Å². The first kappa shape index (κ1) is 14.2. The average Bonchev–Trinajstić information content (AvgIpc) is 2.35. The second-order valence-corrected chi connectivity index (χ2v) is 5.07. The molecule has 0 saturated carbocycles. The van der Waals surface area contributed by atoms with Crippen LogP contribution in [0.15, 0.2) is 22.7 Å². The highest BCUT2D eigenvalue weighted by Gasteiger charge is 2.16. The number of carbonyl (C=O) groups excluding carboxylic acids is 1. The summed E-state index contributed by atoms with van der Waals surface area (Å²) in [7, 11) is 1.59. The number of Topliss-reactive ketones (excluding diaryl/α,β-unsaturated/α-hetero) is 1. The molecule has 0 atom stereocenters. The highest BCUT2D eigenvalue weighted by molar-refractivity contribution is 9.10. The topological polar surface area (TPSA) is 26.3 Å². The van der Waals surface area contributed by atoms with Gasteiger partial charge in [-0.1, -0.05) is 42.6 Å². The molecule has 0 bridgehead atoms. The number of carbonyl (C=O) groups is 1. The normalized spacial score (nSPS) is 10.6. The lowest BCUT2D eigenvalue weighted by Gasteiger charge is -2.13. The molecule has 0 unspecified atom stereocenters. The number of hydrogen-bond acceptors (Lipinski definition) is 2. The largest absolute Gasteiger partial charge is 0.496 e. The zero-order chi connectivity index (χ0) is 12.8. The van der Waals surface area contributed by atoms with E-state index in [1.54, 1.807) is 7.11 Å². The van der Waals surface area contributed by atoms with Crippen LogP contribution in [0.4, 0.5) is 0 Å². The van der Waals surface area contributed by atoms with Crippen molar-refractivity contribution in [2.75, 3.05) is 7.11 Å². The van der Waals surface area contributed by atoms with Crippen LogP contribution < -0.4 is 4.74 Å². The van der Waals surface area contributed by atoms with Crippen LogP contribution >= 0.6 is 15.9 Å². The number of hydrogen-bond donors (Lipinski definition) is 0. The Morgan fingerprint density at radius 2 is 2.00 bits per heavy atom. The van der Waals surface area contributed by atoms with Crippen LogP contribution in [0, 0.1) is 5.92 Å². The van der Waals surface area contributed by atoms with Crippen LogP contribution in [0.25, 0.3) is 0 Å². The van der Waals surface area contributed by atoms with Crippen molar-refractivity contribution in [3.63, 3.8) is 0 Å². The Morgan fingerprint density at radius 3 is 2.53 bits per heavy atom. The summed E-state index contributed by atoms with van der Waals surface area (Å²) in [5.41, 5.74) is 0.683. The van der Waals surface area contributed by atoms with Crippen LogP contribution in [0.3, 0.4) is 0 Å². The van der Waals surface area contributed by atoms with Gasteiger partial charge in [0.15, 0.2) is 5.78 Å². The third kappa shape index (κ3) is 3.84. The maximum atomic E-state index is 12.2. The summed E-state index contributed by atoms with van der Waals surface area (Å²) in [6, 6.07) is 5.54. The summed E-state index contributed by atoms with van der Waals surface area (Å²) >= 11 is 3.37. The number of rotatable bonds is 6. The van der Waals surface area contributed by atoms with E-state index < -0.39 is 0 Å². The van der Waals surface area contributed by atoms with E-state index in [0.29, 0.717) is 23.7 Å². The molecule has 1 aromatic rings. The molecule has 1 rings (SSSR count). The molecule has 0 N–H and O–H groups in total. The standard InChI is InChI=1S/C14H19BrO2/c1-4-10(5-2)8-13(16)12-7-6-11(15)9-14(12)17-3/h6-7,9-10H,4-5,8H2,1-3H3. The Bertz CT molecular complexity index is 384. The van der Waals surface area contributed by atoms with Gasteiger partial charge in [-0.25, -0.2) is 0 Å². The van der Waals surface area contributed by atoms with Crippen molar-refractivity contribution in [2.45, 2.75) is 33.1 Å². The quantitative estimate of drug-likeness (QED) is 0.725. The first-order valence-corrected chi connectivity index (χ1v) is 6.78. The SMILES string of the molecule is CCC(CC)CC(=O)c1ccc(Br)cc1OC. The molecule has 0 spiro atoms. The highest BCUT2D eigenvalue weighted by atomic mass is 79.9. The van der Waals surface area contributed by atoms with E-state index in [9.17, 15) is 4.79 Å². The van der Waals surface area contributed by atoms with Gasteiger partial charge in [-0.2, -0.15) is 0 Å². The number of methoxy groups -OCH3 is 1. The molecule has 0 amide bonds. The van der Waals surface area contributed by atoms with Crippen molar-refractivity contribution in [1.29, 1.82) is 0 Å². The fourth-order valence-electron chi connectivity index (χ4n) is 1.84. The van der Waals surface area contributed by atoms with Crippen LogP contribution in [-0.2, 0) is 0 Å². The lowest BCUT2D eigenvalue weighted by molar-refractivity contribution is 0.0955. The van der Waals surface area contributed by atoms with Gasteiger partial charge in [0.25, 0.3) is 0 Å². The molecule has 2 nitrogen and oxygen atoms in total. The average molecular weight is 299 g/mol. The lowest BCUT2D eigenvalue weighted by atomic mass is 9.94. The Hall–Kier alpha value is -0.830. The molecule has 0 radical (unpaired) electrons. The van der Waals surface area contributed by atoms with Gasteiger partial charge >= 0.3 is 0 Å². The van der Waals surface area contributed by atoms with Crippen LogP contribution in [-0.4, -0.2) is 12.9 Å². The van der Waals surface area contributed by atoms with Crippen LogP contribution in [0.5, 0.6) is 5.75 Å². The first-order chi connectivity index (χ1) is 8.12. The minimum absolute atomic E-state index is 0.169. The van der Waals surface area contributed by atoms with Gasteiger partial charge in [0.1, 0.15) is 5.75 Å². The summed E-state index contributed by atoms with van der Waals surface area (Å²) in [5, 5.41) is 0. The molecule has 0 aliphatic carbocycles. The summed E-state index contributed by atoms with van der Waals surface area (Å²) in [4.78, 5) is 12.2. The third-order valence-corrected chi connectivity index (χ3v) is 3.59. The predicted molar refractivity (Wildman–Crippen MR) is 73.7 cm³/mol. The van der Waals surface area contributed by atoms with Gasteiger partial charge in [0.05, 0.1) is 12.7 Å². The molecule has 0 saturated heterocycles. The Balaban J connectivity index is 2.88. The monoisotopic (exact) mass is 298 g/mol. The van der Waals surface area contributed by atoms with Crippen molar-refractivity contribution in [2.24, 2.45) is 5.92 Å². The number of ether oxygens (including phenoxy) is 1. The van der Waals surface area contributed by atoms with E-state index in [4.69, 9.17) is 4.74 Å². The van der Waals surface area contributed by atoms with E-state index in [1.807, 2.05) is 18.2 Å². The number of halogens is 1. The Labute approximate surface area is 111 Å². The van der Waals surface area contributed by atoms with Crippen molar-refractivity contribution < 1.29 is 9.53 Å². The maximum Gasteiger partial charge on any atom is 0.166 e. The molecule has 94 valence electrons. The van der Waals surface area contributed by atoms with Gasteiger partial charge in [-0.05, 0) is 24.1 Å². The molecule has 0 aliphatic rings. The molecular formula is C14H19BrO2. The molecule has 1 aromatic carbocycles. The van der Waals surface area contributed by atoms with Crippen molar-refractivity contribution in [3.8, 4) is 5.75 Å². The second-order valence-electron chi connectivity index (χ2n) is 4.15. The van der Waals surface area contributed by atoms with Crippen molar-refractivity contribution in [3.05, 3.63) is 28.2 Å². The molecule has 0 aliphatic heterocycles. The third-order valence-electron chi connectivity index (χ3n) is 3.09. The van der Waals surface area contributed by atoms with E-state index in [0.717, 1.165) is 17.3 Å². The second kappa shape index (κ2) is 6.80. The van der Waals surface area contributed by atoms with Gasteiger partial charge in [0, 0.05) is 10.9 Å². The summed E-state index contributed by atoms with van der Waals surface area (Å²) < 4.78 is 6.17. The summed E-state index contributed by atoms with van der Waals surface area (Å²) in [6.07, 6.45) is 2.69. The zero-order valence-corrected chi connectivity index (χ0v) is 12.2. The van der Waals surface area contributed by atoms with Gasteiger partial charge in [-0.15, -0.1) is 0 Å². The lowest BCUT2D eigenvalue weighted by Crippen LogP contribution is -2.08. The molecular weight excluding hydrogens is 280 g/mol. The molecule has 3 heteroatoms. The zero-order valence-electron chi connectivity index (χ0n) is 10.6. The van der Waals surface area contributed by atoms with Gasteiger partial charge in [0.2, 0.25) is 0 Å². The number of ketones is 1. The smallest absolute Gasteiger partial charge is 0.166 e. The van der Waals surface area contributed by atoms with Gasteiger partial charge < -0.3 is 4.74 Å². The molecule has 0 aromatic heterocycles. The molecule has 0 heterocycles. The Morgan fingerprint density at radius 1 is 1.35 bits per heavy atom. The van der Waals surface area contributed by atoms with E-state index >= 15 is 0 Å². The van der Waals surface area contributed by atoms with Crippen molar-refractivity contribution in [1.82, 2.24) is 0 Å². The van der Waals surface area contributed by atoms with Crippen LogP contribution in [0.1, 0.15) is 43.5 Å². The minimum atomic E-state index is 0.169. The predicted octanol–water partition coefficient (Wildman–Crippen LogP) is 4.47. The van der Waals surface area contributed by atoms with E-state index in [2.05, 4.69) is 29.8 Å². The minimum Gasteiger partial charge on any atom is -0.496 e. The first-order valence-electron chi connectivity index (χ1n) is 5.99. The highest BCUT2D eigenvalue weighted by Crippen LogP contribution is 2.26. The summed E-state index contributed by atoms with van der Waals surface area (Å²) in [6.45, 7) is 4.25. The van der Waals surface area contributed by atoms with E-state index in [1.165, 1.54) is 0 Å². The maximum absolute atomic E-state index is 12.2. The summed E-state index contributed by atoms with van der Waals surface area (Å²) in [5.74, 6) is 1.29. The van der Waals surface area contributed by atoms with Crippen molar-refractivity contribution >= 4 is 21.7 Å².